The third kappa shape index (κ3) is 1.94. The van der Waals surface area contributed by atoms with E-state index in [1.165, 1.54) is 6.92 Å². The number of hydrogen-bond acceptors (Lipinski definition) is 8. The molecule has 8 nitrogen and oxygen atoms in total. The SMILES string of the molecule is CC1=C2C[C@@H]3OC(=O)[C@@H](O)[C@]4(O)[C@H](C)[C@H](O)[C@@H](O)C([C@]2(C)[C@@H](O)[C@H](O)C1)[C@]34C. The number of hydrogen-bond donors (Lipinski definition) is 6. The molecule has 6 N–H and O–H groups in total. The molecule has 28 heavy (non-hydrogen) atoms. The second-order valence-corrected chi connectivity index (χ2v) is 9.65. The van der Waals surface area contributed by atoms with Crippen molar-refractivity contribution in [2.24, 2.45) is 22.7 Å². The van der Waals surface area contributed by atoms with Crippen molar-refractivity contribution in [1.82, 2.24) is 0 Å². The first kappa shape index (κ1) is 20.3. The molecule has 0 aromatic rings. The van der Waals surface area contributed by atoms with Gasteiger partial charge in [0.05, 0.1) is 24.4 Å². The van der Waals surface area contributed by atoms with E-state index < -0.39 is 70.9 Å². The average molecular weight is 398 g/mol. The topological polar surface area (TPSA) is 148 Å². The summed E-state index contributed by atoms with van der Waals surface area (Å²) in [7, 11) is 0. The van der Waals surface area contributed by atoms with Gasteiger partial charge in [-0.15, -0.1) is 0 Å². The maximum atomic E-state index is 12.4. The molecule has 0 aromatic heterocycles. The van der Waals surface area contributed by atoms with Gasteiger partial charge in [0.15, 0.2) is 6.10 Å². The van der Waals surface area contributed by atoms with Crippen LogP contribution in [0.25, 0.3) is 0 Å². The molecule has 1 unspecified atom stereocenters. The highest BCUT2D eigenvalue weighted by molar-refractivity contribution is 5.78. The summed E-state index contributed by atoms with van der Waals surface area (Å²) in [6.07, 6.45) is -7.39. The summed E-state index contributed by atoms with van der Waals surface area (Å²) in [5, 5.41) is 65.7. The zero-order valence-corrected chi connectivity index (χ0v) is 16.5. The largest absolute Gasteiger partial charge is 0.459 e. The number of rotatable bonds is 0. The van der Waals surface area contributed by atoms with Crippen LogP contribution in [0.15, 0.2) is 11.1 Å². The molecule has 4 rings (SSSR count). The van der Waals surface area contributed by atoms with Crippen molar-refractivity contribution in [3.8, 4) is 0 Å². The maximum Gasteiger partial charge on any atom is 0.338 e. The van der Waals surface area contributed by atoms with Crippen LogP contribution in [-0.2, 0) is 9.53 Å². The highest BCUT2D eigenvalue weighted by atomic mass is 16.6. The van der Waals surface area contributed by atoms with Crippen LogP contribution in [0.3, 0.4) is 0 Å². The van der Waals surface area contributed by atoms with Gasteiger partial charge >= 0.3 is 5.97 Å². The van der Waals surface area contributed by atoms with E-state index >= 15 is 0 Å². The van der Waals surface area contributed by atoms with Crippen LogP contribution in [0.4, 0.5) is 0 Å². The fourth-order valence-electron chi connectivity index (χ4n) is 7.13. The van der Waals surface area contributed by atoms with E-state index in [4.69, 9.17) is 4.74 Å². The number of aliphatic hydroxyl groups excluding tert-OH is 5. The number of carbonyl (C=O) groups excluding carboxylic acids is 1. The summed E-state index contributed by atoms with van der Waals surface area (Å²) in [6.45, 7) is 6.65. The Balaban J connectivity index is 2.02. The molecule has 0 amide bonds. The fraction of sp³-hybridized carbons (Fsp3) is 0.850. The van der Waals surface area contributed by atoms with Crippen LogP contribution in [0.1, 0.15) is 40.5 Å². The molecule has 8 heteroatoms. The normalized spacial score (nSPS) is 58.7. The van der Waals surface area contributed by atoms with Gasteiger partial charge in [0, 0.05) is 29.1 Å². The van der Waals surface area contributed by atoms with Crippen molar-refractivity contribution < 1.29 is 40.2 Å². The zero-order chi connectivity index (χ0) is 21.0. The van der Waals surface area contributed by atoms with Crippen molar-refractivity contribution in [2.75, 3.05) is 0 Å². The summed E-state index contributed by atoms with van der Waals surface area (Å²) in [5.41, 5.74) is -3.01. The van der Waals surface area contributed by atoms with E-state index in [0.29, 0.717) is 0 Å². The Labute approximate surface area is 163 Å². The van der Waals surface area contributed by atoms with E-state index in [1.54, 1.807) is 13.8 Å². The quantitative estimate of drug-likeness (QED) is 0.221. The predicted molar refractivity (Wildman–Crippen MR) is 95.7 cm³/mol. The second kappa shape index (κ2) is 5.77. The lowest BCUT2D eigenvalue weighted by Gasteiger charge is -2.71. The third-order valence-electron chi connectivity index (χ3n) is 8.67. The molecular weight excluding hydrogens is 368 g/mol. The molecule has 1 aliphatic heterocycles. The Hall–Kier alpha value is -1.03. The Morgan fingerprint density at radius 3 is 2.25 bits per heavy atom. The number of aliphatic hydroxyl groups is 6. The Bertz CT molecular complexity index is 750. The van der Waals surface area contributed by atoms with Gasteiger partial charge in [0.25, 0.3) is 0 Å². The van der Waals surface area contributed by atoms with Crippen molar-refractivity contribution >= 4 is 5.97 Å². The van der Waals surface area contributed by atoms with E-state index in [2.05, 4.69) is 0 Å². The standard InChI is InChI=1S/C20H30O8/c1-7-5-10(21)15(24)18(3)9(7)6-11-19(4)14(18)13(23)12(22)8(2)20(19,27)16(25)17(26)28-11/h8,10-16,21-25,27H,5-6H2,1-4H3/t8-,10-,11+,12+,13-,14?,15+,16-,18-,19+,20-/m1/s1. The third-order valence-corrected chi connectivity index (χ3v) is 8.67. The molecule has 0 aromatic carbocycles. The highest BCUT2D eigenvalue weighted by Crippen LogP contribution is 2.69. The van der Waals surface area contributed by atoms with Crippen LogP contribution in [0.2, 0.25) is 0 Å². The van der Waals surface area contributed by atoms with Gasteiger partial charge in [-0.3, -0.25) is 0 Å². The Kier molecular flexibility index (Phi) is 4.17. The summed E-state index contributed by atoms with van der Waals surface area (Å²) < 4.78 is 5.52. The number of carbonyl (C=O) groups is 1. The molecule has 4 aliphatic rings. The lowest BCUT2D eigenvalue weighted by molar-refractivity contribution is -0.346. The monoisotopic (exact) mass is 398 g/mol. The smallest absolute Gasteiger partial charge is 0.338 e. The zero-order valence-electron chi connectivity index (χ0n) is 16.5. The van der Waals surface area contributed by atoms with E-state index in [1.807, 2.05) is 6.92 Å². The second-order valence-electron chi connectivity index (χ2n) is 9.65. The molecule has 3 aliphatic carbocycles. The van der Waals surface area contributed by atoms with Crippen molar-refractivity contribution in [1.29, 1.82) is 0 Å². The molecule has 3 fully saturated rings. The summed E-state index contributed by atoms with van der Waals surface area (Å²) >= 11 is 0. The highest BCUT2D eigenvalue weighted by Gasteiger charge is 2.78. The first-order valence-corrected chi connectivity index (χ1v) is 9.86. The van der Waals surface area contributed by atoms with Crippen molar-refractivity contribution in [3.05, 3.63) is 11.1 Å². The predicted octanol–water partition coefficient (Wildman–Crippen LogP) is -1.15. The minimum Gasteiger partial charge on any atom is -0.459 e. The van der Waals surface area contributed by atoms with Crippen LogP contribution in [-0.4, -0.2) is 78.8 Å². The van der Waals surface area contributed by atoms with E-state index in [-0.39, 0.29) is 12.8 Å². The van der Waals surface area contributed by atoms with Gasteiger partial charge in [0.1, 0.15) is 11.7 Å². The van der Waals surface area contributed by atoms with E-state index in [0.717, 1.165) is 11.1 Å². The van der Waals surface area contributed by atoms with Crippen molar-refractivity contribution in [3.63, 3.8) is 0 Å². The first-order chi connectivity index (χ1) is 12.8. The van der Waals surface area contributed by atoms with Gasteiger partial charge in [-0.2, -0.15) is 0 Å². The number of ether oxygens (including phenoxy) is 1. The number of fused-ring (bicyclic) bond motifs is 2. The van der Waals surface area contributed by atoms with Crippen LogP contribution in [0.5, 0.6) is 0 Å². The van der Waals surface area contributed by atoms with Crippen LogP contribution >= 0.6 is 0 Å². The van der Waals surface area contributed by atoms with Crippen LogP contribution < -0.4 is 0 Å². The van der Waals surface area contributed by atoms with Gasteiger partial charge < -0.3 is 35.4 Å². The minimum atomic E-state index is -2.07. The van der Waals surface area contributed by atoms with E-state index in [9.17, 15) is 35.4 Å². The van der Waals surface area contributed by atoms with Gasteiger partial charge in [0.2, 0.25) is 0 Å². The van der Waals surface area contributed by atoms with Crippen LogP contribution in [0, 0.1) is 22.7 Å². The Morgan fingerprint density at radius 1 is 1.04 bits per heavy atom. The lowest BCUT2D eigenvalue weighted by atomic mass is 9.38. The molecule has 0 spiro atoms. The maximum absolute atomic E-state index is 12.4. The summed E-state index contributed by atoms with van der Waals surface area (Å²) in [6, 6.07) is 0. The summed E-state index contributed by atoms with van der Waals surface area (Å²) in [4.78, 5) is 12.4. The van der Waals surface area contributed by atoms with Gasteiger partial charge in [-0.25, -0.2) is 4.79 Å². The summed E-state index contributed by atoms with van der Waals surface area (Å²) in [5.74, 6) is -2.94. The first-order valence-electron chi connectivity index (χ1n) is 9.86. The minimum absolute atomic E-state index is 0.218. The Morgan fingerprint density at radius 2 is 1.64 bits per heavy atom. The number of esters is 1. The molecule has 1 heterocycles. The molecule has 2 saturated carbocycles. The lowest BCUT2D eigenvalue weighted by Crippen LogP contribution is -2.82. The molecule has 0 bridgehead atoms. The molecular formula is C20H30O8. The van der Waals surface area contributed by atoms with Crippen molar-refractivity contribution in [2.45, 2.75) is 82.8 Å². The molecule has 158 valence electrons. The molecule has 0 radical (unpaired) electrons. The fourth-order valence-corrected chi connectivity index (χ4v) is 7.13. The molecule has 1 saturated heterocycles. The van der Waals surface area contributed by atoms with Gasteiger partial charge in [-0.1, -0.05) is 31.9 Å². The average Bonchev–Trinajstić information content (AvgIpc) is 2.63. The molecule has 11 atom stereocenters. The van der Waals surface area contributed by atoms with Gasteiger partial charge in [-0.05, 0) is 13.3 Å².